The maximum atomic E-state index is 15.0. The minimum absolute atomic E-state index is 0.0135. The molecule has 1 aromatic carbocycles. The van der Waals surface area contributed by atoms with Crippen molar-refractivity contribution in [3.8, 4) is 11.5 Å². The lowest BCUT2D eigenvalue weighted by molar-refractivity contribution is -0.0522. The second-order valence-corrected chi connectivity index (χ2v) is 8.93. The van der Waals surface area contributed by atoms with E-state index in [0.29, 0.717) is 23.8 Å². The van der Waals surface area contributed by atoms with Crippen LogP contribution in [-0.4, -0.2) is 13.2 Å². The van der Waals surface area contributed by atoms with E-state index in [2.05, 4.69) is 11.7 Å². The van der Waals surface area contributed by atoms with Gasteiger partial charge in [-0.05, 0) is 69.3 Å². The van der Waals surface area contributed by atoms with Gasteiger partial charge in [0, 0.05) is 11.1 Å². The molecule has 3 rings (SSSR count). The number of allylic oxidation sites excluding steroid dienone is 2. The second kappa shape index (κ2) is 10.7. The summed E-state index contributed by atoms with van der Waals surface area (Å²) in [5.74, 6) is -1.22. The van der Waals surface area contributed by atoms with Crippen molar-refractivity contribution >= 4 is 5.57 Å². The Morgan fingerprint density at radius 2 is 1.68 bits per heavy atom. The first-order chi connectivity index (χ1) is 14.9. The van der Waals surface area contributed by atoms with E-state index in [0.717, 1.165) is 18.8 Å². The Bertz CT molecular complexity index is 782. The van der Waals surface area contributed by atoms with E-state index in [1.165, 1.54) is 45.4 Å². The third-order valence-corrected chi connectivity index (χ3v) is 7.06. The van der Waals surface area contributed by atoms with Crippen molar-refractivity contribution in [3.05, 3.63) is 28.8 Å². The highest BCUT2D eigenvalue weighted by Crippen LogP contribution is 2.46. The number of ether oxygens (including phenoxy) is 2. The first-order valence-corrected chi connectivity index (χ1v) is 11.7. The van der Waals surface area contributed by atoms with Crippen LogP contribution in [-0.2, 0) is 0 Å². The Kier molecular flexibility index (Phi) is 8.29. The normalized spacial score (nSPS) is 24.3. The number of alkyl halides is 2. The molecule has 174 valence electrons. The molecule has 1 saturated carbocycles. The Balaban J connectivity index is 1.81. The van der Waals surface area contributed by atoms with Crippen molar-refractivity contribution in [3.63, 3.8) is 0 Å². The van der Waals surface area contributed by atoms with Crippen LogP contribution < -0.4 is 9.47 Å². The van der Waals surface area contributed by atoms with Crippen LogP contribution in [0.2, 0.25) is 0 Å². The maximum absolute atomic E-state index is 15.0. The molecule has 0 heterocycles. The molecule has 2 aliphatic rings. The number of hydrogen-bond acceptors (Lipinski definition) is 2. The number of rotatable bonds is 8. The molecule has 31 heavy (non-hydrogen) atoms. The number of benzene rings is 1. The van der Waals surface area contributed by atoms with Crippen molar-refractivity contribution in [1.29, 1.82) is 0 Å². The lowest BCUT2D eigenvalue weighted by Gasteiger charge is -2.35. The Hall–Kier alpha value is -1.72. The Labute approximate surface area is 183 Å². The van der Waals surface area contributed by atoms with Gasteiger partial charge in [0.05, 0.1) is 6.61 Å². The SMILES string of the molecule is CCCC1CCC(C2CC=C(c3c(C)c(OC(F)F)c(OCC)c(F)c3F)CC2)CC1. The third kappa shape index (κ3) is 5.38. The average Bonchev–Trinajstić information content (AvgIpc) is 2.76. The van der Waals surface area contributed by atoms with Gasteiger partial charge in [-0.1, -0.05) is 38.7 Å². The van der Waals surface area contributed by atoms with Gasteiger partial charge >= 0.3 is 6.61 Å². The highest BCUT2D eigenvalue weighted by atomic mass is 19.3. The van der Waals surface area contributed by atoms with E-state index in [1.54, 1.807) is 6.92 Å². The summed E-state index contributed by atoms with van der Waals surface area (Å²) in [7, 11) is 0. The van der Waals surface area contributed by atoms with Crippen LogP contribution in [0.15, 0.2) is 6.08 Å². The zero-order chi connectivity index (χ0) is 22.5. The molecule has 0 spiro atoms. The van der Waals surface area contributed by atoms with Gasteiger partial charge in [0.15, 0.2) is 11.6 Å². The van der Waals surface area contributed by atoms with Crippen LogP contribution in [0.4, 0.5) is 17.6 Å². The minimum atomic E-state index is -3.15. The Morgan fingerprint density at radius 3 is 2.23 bits per heavy atom. The largest absolute Gasteiger partial charge is 0.487 e. The fraction of sp³-hybridized carbons (Fsp3) is 0.680. The highest BCUT2D eigenvalue weighted by molar-refractivity contribution is 5.73. The molecule has 0 aliphatic heterocycles. The molecular formula is C25H34F4O2. The average molecular weight is 443 g/mol. The maximum Gasteiger partial charge on any atom is 0.387 e. The standard InChI is InChI=1S/C25H34F4O2/c1-4-6-16-7-9-17(10-8-16)18-11-13-19(14-12-18)20-15(3)23(31-25(28)29)24(30-5-2)22(27)21(20)26/h13,16-18,25H,4-12,14H2,1-3H3. The molecule has 6 heteroatoms. The fourth-order valence-corrected chi connectivity index (χ4v) is 5.51. The van der Waals surface area contributed by atoms with Gasteiger partial charge in [0.25, 0.3) is 0 Å². The van der Waals surface area contributed by atoms with Crippen LogP contribution >= 0.6 is 0 Å². The zero-order valence-electron chi connectivity index (χ0n) is 18.8. The molecule has 0 N–H and O–H groups in total. The summed E-state index contributed by atoms with van der Waals surface area (Å²) in [6.45, 7) is 2.16. The van der Waals surface area contributed by atoms with E-state index < -0.39 is 29.7 Å². The summed E-state index contributed by atoms with van der Waals surface area (Å²) in [6.07, 6.45) is 11.9. The first-order valence-electron chi connectivity index (χ1n) is 11.7. The van der Waals surface area contributed by atoms with E-state index in [9.17, 15) is 17.6 Å². The van der Waals surface area contributed by atoms with Crippen molar-refractivity contribution in [2.24, 2.45) is 17.8 Å². The van der Waals surface area contributed by atoms with Crippen molar-refractivity contribution in [2.75, 3.05) is 6.61 Å². The molecule has 0 saturated heterocycles. The predicted molar refractivity (Wildman–Crippen MR) is 115 cm³/mol. The summed E-state index contributed by atoms with van der Waals surface area (Å²) in [4.78, 5) is 0. The zero-order valence-corrected chi connectivity index (χ0v) is 18.8. The molecule has 1 unspecified atom stereocenters. The molecule has 1 atom stereocenters. The second-order valence-electron chi connectivity index (χ2n) is 8.93. The van der Waals surface area contributed by atoms with Crippen molar-refractivity contribution in [1.82, 2.24) is 0 Å². The predicted octanol–water partition coefficient (Wildman–Crippen LogP) is 8.06. The van der Waals surface area contributed by atoms with Crippen LogP contribution in [0, 0.1) is 36.3 Å². The van der Waals surface area contributed by atoms with E-state index in [-0.39, 0.29) is 17.7 Å². The lowest BCUT2D eigenvalue weighted by Crippen LogP contribution is -2.23. The van der Waals surface area contributed by atoms with Gasteiger partial charge in [0.1, 0.15) is 0 Å². The summed E-state index contributed by atoms with van der Waals surface area (Å²) < 4.78 is 65.2. The van der Waals surface area contributed by atoms with E-state index in [4.69, 9.17) is 4.74 Å². The van der Waals surface area contributed by atoms with Crippen molar-refractivity contribution < 1.29 is 27.0 Å². The molecule has 0 bridgehead atoms. The van der Waals surface area contributed by atoms with Crippen LogP contribution in [0.25, 0.3) is 5.57 Å². The third-order valence-electron chi connectivity index (χ3n) is 7.06. The Morgan fingerprint density at radius 1 is 0.968 bits per heavy atom. The van der Waals surface area contributed by atoms with E-state index in [1.807, 2.05) is 6.08 Å². The van der Waals surface area contributed by atoms with Crippen LogP contribution in [0.1, 0.15) is 82.8 Å². The summed E-state index contributed by atoms with van der Waals surface area (Å²) in [5.41, 5.74) is 0.876. The number of hydrogen-bond donors (Lipinski definition) is 0. The molecule has 0 amide bonds. The summed E-state index contributed by atoms with van der Waals surface area (Å²) >= 11 is 0. The molecule has 1 aromatic rings. The van der Waals surface area contributed by atoms with Gasteiger partial charge in [-0.2, -0.15) is 13.2 Å². The van der Waals surface area contributed by atoms with Gasteiger partial charge in [0.2, 0.25) is 11.6 Å². The topological polar surface area (TPSA) is 18.5 Å². The summed E-state index contributed by atoms with van der Waals surface area (Å²) in [5, 5.41) is 0. The van der Waals surface area contributed by atoms with Crippen molar-refractivity contribution in [2.45, 2.75) is 85.2 Å². The fourth-order valence-electron chi connectivity index (χ4n) is 5.51. The van der Waals surface area contributed by atoms with E-state index >= 15 is 0 Å². The first kappa shape index (κ1) is 23.9. The van der Waals surface area contributed by atoms with Gasteiger partial charge in [-0.25, -0.2) is 4.39 Å². The van der Waals surface area contributed by atoms with Crippen LogP contribution in [0.5, 0.6) is 11.5 Å². The number of halogens is 4. The highest BCUT2D eigenvalue weighted by Gasteiger charge is 2.32. The van der Waals surface area contributed by atoms with Gasteiger partial charge in [-0.15, -0.1) is 0 Å². The summed E-state index contributed by atoms with van der Waals surface area (Å²) in [6, 6.07) is 0. The monoisotopic (exact) mass is 442 g/mol. The van der Waals surface area contributed by atoms with Gasteiger partial charge < -0.3 is 9.47 Å². The smallest absolute Gasteiger partial charge is 0.387 e. The molecule has 2 aliphatic carbocycles. The van der Waals surface area contributed by atoms with Gasteiger partial charge in [-0.3, -0.25) is 0 Å². The molecule has 1 fully saturated rings. The molecule has 0 aromatic heterocycles. The molecule has 2 nitrogen and oxygen atoms in total. The minimum Gasteiger partial charge on any atom is -0.487 e. The lowest BCUT2D eigenvalue weighted by atomic mass is 9.70. The quantitative estimate of drug-likeness (QED) is 0.379. The van der Waals surface area contributed by atoms with Crippen LogP contribution in [0.3, 0.4) is 0 Å². The molecular weight excluding hydrogens is 408 g/mol. The molecule has 0 radical (unpaired) electrons.